The number of nitro groups is 1. The Kier molecular flexibility index (Phi) is 3.61. The van der Waals surface area contributed by atoms with E-state index in [9.17, 15) is 10.1 Å². The van der Waals surface area contributed by atoms with E-state index in [-0.39, 0.29) is 10.6 Å². The maximum absolute atomic E-state index is 11.2. The van der Waals surface area contributed by atoms with Crippen LogP contribution in [0.4, 0.5) is 11.4 Å². The van der Waals surface area contributed by atoms with E-state index in [4.69, 9.17) is 0 Å². The molecule has 1 N–H and O–H groups in total. The zero-order valence-electron chi connectivity index (χ0n) is 13.1. The van der Waals surface area contributed by atoms with E-state index in [1.165, 1.54) is 11.1 Å². The average molecular weight is 319 g/mol. The molecule has 1 aromatic heterocycles. The Labute approximate surface area is 139 Å². The SMILES string of the molecule is O=[N+]([O-])c1ccc(N[C@@H]2CCc3ccccc3C2)c2ncccc12. The maximum Gasteiger partial charge on any atom is 0.278 e. The highest BCUT2D eigenvalue weighted by atomic mass is 16.6. The number of nitrogens with zero attached hydrogens (tertiary/aromatic N) is 2. The minimum atomic E-state index is -0.357. The summed E-state index contributed by atoms with van der Waals surface area (Å²) in [6.45, 7) is 0. The van der Waals surface area contributed by atoms with E-state index in [1.807, 2.05) is 0 Å². The molecule has 4 rings (SSSR count). The van der Waals surface area contributed by atoms with Crippen LogP contribution >= 0.6 is 0 Å². The number of fused-ring (bicyclic) bond motifs is 2. The van der Waals surface area contributed by atoms with Crippen molar-refractivity contribution in [1.82, 2.24) is 4.98 Å². The van der Waals surface area contributed by atoms with E-state index in [0.717, 1.165) is 24.9 Å². The summed E-state index contributed by atoms with van der Waals surface area (Å²) in [6.07, 6.45) is 4.73. The molecule has 120 valence electrons. The van der Waals surface area contributed by atoms with E-state index >= 15 is 0 Å². The standard InChI is InChI=1S/C19H17N3O2/c23-22(24)18-10-9-17(19-16(18)6-3-11-20-19)21-15-8-7-13-4-1-2-5-14(13)12-15/h1-6,9-11,15,21H,7-8,12H2/t15-/m1/s1. The molecule has 5 nitrogen and oxygen atoms in total. The summed E-state index contributed by atoms with van der Waals surface area (Å²) in [5.74, 6) is 0. The number of nitro benzene ring substituents is 1. The van der Waals surface area contributed by atoms with Crippen molar-refractivity contribution in [1.29, 1.82) is 0 Å². The lowest BCUT2D eigenvalue weighted by Gasteiger charge is -2.26. The number of rotatable bonds is 3. The van der Waals surface area contributed by atoms with Crippen molar-refractivity contribution >= 4 is 22.3 Å². The number of nitrogens with one attached hydrogen (secondary N) is 1. The molecule has 0 bridgehead atoms. The minimum Gasteiger partial charge on any atom is -0.380 e. The monoisotopic (exact) mass is 319 g/mol. The van der Waals surface area contributed by atoms with Crippen molar-refractivity contribution in [2.75, 3.05) is 5.32 Å². The molecule has 5 heteroatoms. The van der Waals surface area contributed by atoms with Gasteiger partial charge in [0.05, 0.1) is 16.0 Å². The number of pyridine rings is 1. The predicted octanol–water partition coefficient (Wildman–Crippen LogP) is 4.11. The van der Waals surface area contributed by atoms with Crippen LogP contribution in [-0.4, -0.2) is 15.9 Å². The van der Waals surface area contributed by atoms with Crippen LogP contribution in [0.5, 0.6) is 0 Å². The normalized spacial score (nSPS) is 16.6. The van der Waals surface area contributed by atoms with Crippen LogP contribution in [0.15, 0.2) is 54.7 Å². The second-order valence-corrected chi connectivity index (χ2v) is 6.14. The first-order valence-corrected chi connectivity index (χ1v) is 8.08. The third kappa shape index (κ3) is 2.58. The van der Waals surface area contributed by atoms with Gasteiger partial charge in [0.15, 0.2) is 0 Å². The molecule has 0 saturated heterocycles. The van der Waals surface area contributed by atoms with Crippen molar-refractivity contribution in [3.63, 3.8) is 0 Å². The third-order valence-electron chi connectivity index (χ3n) is 4.65. The summed E-state index contributed by atoms with van der Waals surface area (Å²) in [5, 5.41) is 15.3. The lowest BCUT2D eigenvalue weighted by molar-refractivity contribution is -0.383. The first-order valence-electron chi connectivity index (χ1n) is 8.08. The molecule has 0 spiro atoms. The molecule has 1 aliphatic carbocycles. The zero-order valence-corrected chi connectivity index (χ0v) is 13.1. The highest BCUT2D eigenvalue weighted by molar-refractivity contribution is 5.96. The average Bonchev–Trinajstić information content (AvgIpc) is 2.61. The van der Waals surface area contributed by atoms with Crippen LogP contribution in [0.25, 0.3) is 10.9 Å². The van der Waals surface area contributed by atoms with Gasteiger partial charge in [-0.05, 0) is 48.6 Å². The Balaban J connectivity index is 1.66. The van der Waals surface area contributed by atoms with Gasteiger partial charge in [0, 0.05) is 18.3 Å². The lowest BCUT2D eigenvalue weighted by Crippen LogP contribution is -2.27. The van der Waals surface area contributed by atoms with Crippen LogP contribution in [0.3, 0.4) is 0 Å². The third-order valence-corrected chi connectivity index (χ3v) is 4.65. The molecule has 0 fully saturated rings. The van der Waals surface area contributed by atoms with Gasteiger partial charge in [-0.25, -0.2) is 0 Å². The van der Waals surface area contributed by atoms with E-state index in [1.54, 1.807) is 30.5 Å². The quantitative estimate of drug-likeness (QED) is 0.582. The molecule has 0 unspecified atom stereocenters. The zero-order chi connectivity index (χ0) is 16.5. The summed E-state index contributed by atoms with van der Waals surface area (Å²) < 4.78 is 0. The van der Waals surface area contributed by atoms with E-state index < -0.39 is 0 Å². The smallest absolute Gasteiger partial charge is 0.278 e. The molecule has 2 aromatic carbocycles. The number of anilines is 1. The second-order valence-electron chi connectivity index (χ2n) is 6.14. The minimum absolute atomic E-state index is 0.0950. The largest absolute Gasteiger partial charge is 0.380 e. The first kappa shape index (κ1) is 14.6. The van der Waals surface area contributed by atoms with Gasteiger partial charge < -0.3 is 5.32 Å². The van der Waals surface area contributed by atoms with Gasteiger partial charge in [-0.2, -0.15) is 0 Å². The van der Waals surface area contributed by atoms with Crippen LogP contribution < -0.4 is 5.32 Å². The van der Waals surface area contributed by atoms with Crippen LogP contribution in [-0.2, 0) is 12.8 Å². The number of aromatic nitrogens is 1. The Hall–Kier alpha value is -2.95. The number of non-ortho nitro benzene ring substituents is 1. The Morgan fingerprint density at radius 3 is 2.75 bits per heavy atom. The molecule has 0 saturated carbocycles. The molecule has 1 heterocycles. The molecule has 3 aromatic rings. The molecule has 0 radical (unpaired) electrons. The summed E-state index contributed by atoms with van der Waals surface area (Å²) in [6, 6.07) is 15.6. The highest BCUT2D eigenvalue weighted by Gasteiger charge is 2.20. The lowest BCUT2D eigenvalue weighted by atomic mass is 9.88. The molecule has 1 aliphatic rings. The number of hydrogen-bond acceptors (Lipinski definition) is 4. The molecular formula is C19H17N3O2. The maximum atomic E-state index is 11.2. The molecule has 24 heavy (non-hydrogen) atoms. The summed E-state index contributed by atoms with van der Waals surface area (Å²) in [4.78, 5) is 15.2. The van der Waals surface area contributed by atoms with Gasteiger partial charge in [-0.1, -0.05) is 24.3 Å². The Bertz CT molecular complexity index is 923. The summed E-state index contributed by atoms with van der Waals surface area (Å²) in [7, 11) is 0. The Morgan fingerprint density at radius 2 is 1.92 bits per heavy atom. The van der Waals surface area contributed by atoms with Crippen molar-refractivity contribution in [3.05, 3.63) is 76.0 Å². The van der Waals surface area contributed by atoms with Crippen molar-refractivity contribution in [3.8, 4) is 0 Å². The molecular weight excluding hydrogens is 302 g/mol. The fourth-order valence-corrected chi connectivity index (χ4v) is 3.47. The number of hydrogen-bond donors (Lipinski definition) is 1. The van der Waals surface area contributed by atoms with Crippen molar-refractivity contribution in [2.45, 2.75) is 25.3 Å². The molecule has 0 amide bonds. The van der Waals surface area contributed by atoms with Crippen LogP contribution in [0.2, 0.25) is 0 Å². The van der Waals surface area contributed by atoms with Gasteiger partial charge in [0.25, 0.3) is 5.69 Å². The molecule has 0 aliphatic heterocycles. The topological polar surface area (TPSA) is 68.1 Å². The van der Waals surface area contributed by atoms with Crippen molar-refractivity contribution in [2.24, 2.45) is 0 Å². The van der Waals surface area contributed by atoms with Crippen molar-refractivity contribution < 1.29 is 4.92 Å². The predicted molar refractivity (Wildman–Crippen MR) is 94.3 cm³/mol. The fourth-order valence-electron chi connectivity index (χ4n) is 3.47. The van der Waals surface area contributed by atoms with Gasteiger partial charge in [-0.15, -0.1) is 0 Å². The van der Waals surface area contributed by atoms with Gasteiger partial charge in [0.1, 0.15) is 5.52 Å². The van der Waals surface area contributed by atoms with Crippen LogP contribution in [0, 0.1) is 10.1 Å². The fraction of sp³-hybridized carbons (Fsp3) is 0.211. The van der Waals surface area contributed by atoms with E-state index in [2.05, 4.69) is 34.6 Å². The highest BCUT2D eigenvalue weighted by Crippen LogP contribution is 2.31. The number of aryl methyl sites for hydroxylation is 1. The molecule has 1 atom stereocenters. The second kappa shape index (κ2) is 5.92. The van der Waals surface area contributed by atoms with Gasteiger partial charge in [0.2, 0.25) is 0 Å². The van der Waals surface area contributed by atoms with Crippen LogP contribution in [0.1, 0.15) is 17.5 Å². The Morgan fingerprint density at radius 1 is 1.08 bits per heavy atom. The van der Waals surface area contributed by atoms with Gasteiger partial charge >= 0.3 is 0 Å². The van der Waals surface area contributed by atoms with E-state index in [0.29, 0.717) is 16.9 Å². The van der Waals surface area contributed by atoms with Gasteiger partial charge in [-0.3, -0.25) is 15.1 Å². The number of benzene rings is 2. The first-order chi connectivity index (χ1) is 11.7. The summed E-state index contributed by atoms with van der Waals surface area (Å²) in [5.41, 5.74) is 4.41. The summed E-state index contributed by atoms with van der Waals surface area (Å²) >= 11 is 0.